The largest absolute Gasteiger partial charge is 0.381 e. The molecule has 0 bridgehead atoms. The Labute approximate surface area is 110 Å². The van der Waals surface area contributed by atoms with Crippen LogP contribution in [0.4, 0.5) is 0 Å². The maximum absolute atomic E-state index is 11.2. The van der Waals surface area contributed by atoms with E-state index in [1.54, 1.807) is 0 Å². The van der Waals surface area contributed by atoms with E-state index in [1.165, 1.54) is 19.1 Å². The molecular formula is C13H25NO3S. The molecule has 2 aliphatic rings. The lowest BCUT2D eigenvalue weighted by molar-refractivity contribution is 0.00999. The highest BCUT2D eigenvalue weighted by Gasteiger charge is 2.34. The summed E-state index contributed by atoms with van der Waals surface area (Å²) < 4.78 is 27.9. The molecule has 18 heavy (non-hydrogen) atoms. The van der Waals surface area contributed by atoms with Gasteiger partial charge in [-0.25, -0.2) is 8.42 Å². The zero-order valence-electron chi connectivity index (χ0n) is 11.3. The highest BCUT2D eigenvalue weighted by atomic mass is 32.2. The zero-order chi connectivity index (χ0) is 13.1. The van der Waals surface area contributed by atoms with Gasteiger partial charge in [-0.3, -0.25) is 0 Å². The van der Waals surface area contributed by atoms with Crippen molar-refractivity contribution in [3.8, 4) is 0 Å². The van der Waals surface area contributed by atoms with E-state index in [-0.39, 0.29) is 5.41 Å². The Kier molecular flexibility index (Phi) is 4.67. The van der Waals surface area contributed by atoms with E-state index < -0.39 is 9.84 Å². The molecule has 0 amide bonds. The third kappa shape index (κ3) is 4.86. The minimum atomic E-state index is -2.82. The molecule has 5 heteroatoms. The molecule has 0 spiro atoms. The summed E-state index contributed by atoms with van der Waals surface area (Å²) in [5, 5.41) is 3.61. The van der Waals surface area contributed by atoms with Crippen LogP contribution in [0, 0.1) is 5.41 Å². The first kappa shape index (κ1) is 14.3. The van der Waals surface area contributed by atoms with Crippen molar-refractivity contribution in [1.29, 1.82) is 0 Å². The summed E-state index contributed by atoms with van der Waals surface area (Å²) in [7, 11) is -2.82. The van der Waals surface area contributed by atoms with Crippen LogP contribution >= 0.6 is 0 Å². The van der Waals surface area contributed by atoms with Crippen LogP contribution in [0.2, 0.25) is 0 Å². The number of hydrogen-bond donors (Lipinski definition) is 1. The minimum Gasteiger partial charge on any atom is -0.381 e. The van der Waals surface area contributed by atoms with Gasteiger partial charge in [-0.05, 0) is 43.9 Å². The van der Waals surface area contributed by atoms with Gasteiger partial charge in [-0.2, -0.15) is 0 Å². The van der Waals surface area contributed by atoms with Crippen LogP contribution in [0.15, 0.2) is 0 Å². The molecule has 2 rings (SSSR count). The summed E-state index contributed by atoms with van der Waals surface area (Å²) >= 11 is 0. The van der Waals surface area contributed by atoms with Crippen molar-refractivity contribution in [3.63, 3.8) is 0 Å². The van der Waals surface area contributed by atoms with Gasteiger partial charge in [0.25, 0.3) is 0 Å². The van der Waals surface area contributed by atoms with Gasteiger partial charge in [-0.1, -0.05) is 0 Å². The van der Waals surface area contributed by atoms with Crippen molar-refractivity contribution >= 4 is 9.84 Å². The number of ether oxygens (including phenoxy) is 1. The summed E-state index contributed by atoms with van der Waals surface area (Å²) in [5.74, 6) is 0.318. The summed E-state index contributed by atoms with van der Waals surface area (Å²) in [6.45, 7) is 2.68. The summed E-state index contributed by atoms with van der Waals surface area (Å²) in [4.78, 5) is 0. The van der Waals surface area contributed by atoms with E-state index in [1.807, 2.05) is 0 Å². The lowest BCUT2D eigenvalue weighted by atomic mass is 9.76. The van der Waals surface area contributed by atoms with E-state index in [0.29, 0.717) is 5.75 Å². The summed E-state index contributed by atoms with van der Waals surface area (Å²) in [6, 6.07) is 0.722. The first-order valence-corrected chi connectivity index (χ1v) is 9.04. The number of hydrogen-bond acceptors (Lipinski definition) is 4. The van der Waals surface area contributed by atoms with Crippen LogP contribution in [0.1, 0.15) is 38.5 Å². The van der Waals surface area contributed by atoms with Crippen molar-refractivity contribution in [2.75, 3.05) is 31.8 Å². The van der Waals surface area contributed by atoms with E-state index in [2.05, 4.69) is 5.32 Å². The molecule has 1 aliphatic heterocycles. The van der Waals surface area contributed by atoms with E-state index in [0.717, 1.165) is 51.5 Å². The number of nitrogens with one attached hydrogen (secondary N) is 1. The molecule has 1 N–H and O–H groups in total. The molecule has 1 aliphatic carbocycles. The van der Waals surface area contributed by atoms with Crippen LogP contribution in [0.5, 0.6) is 0 Å². The Balaban J connectivity index is 1.82. The Bertz CT molecular complexity index is 356. The SMILES string of the molecule is CS(=O)(=O)CCCC1(CNC2CC2)CCOCC1. The van der Waals surface area contributed by atoms with Gasteiger partial charge in [-0.15, -0.1) is 0 Å². The lowest BCUT2D eigenvalue weighted by Crippen LogP contribution is -2.40. The molecule has 106 valence electrons. The van der Waals surface area contributed by atoms with Gasteiger partial charge in [0.15, 0.2) is 0 Å². The van der Waals surface area contributed by atoms with Gasteiger partial charge < -0.3 is 10.1 Å². The van der Waals surface area contributed by atoms with Crippen molar-refractivity contribution in [2.24, 2.45) is 5.41 Å². The second-order valence-corrected chi connectivity index (χ2v) is 8.26. The summed E-state index contributed by atoms with van der Waals surface area (Å²) in [6.07, 6.45) is 7.85. The average molecular weight is 275 g/mol. The van der Waals surface area contributed by atoms with Crippen LogP contribution in [0.3, 0.4) is 0 Å². The number of rotatable bonds is 7. The molecule has 0 aromatic carbocycles. The maximum atomic E-state index is 11.2. The maximum Gasteiger partial charge on any atom is 0.147 e. The highest BCUT2D eigenvalue weighted by molar-refractivity contribution is 7.90. The highest BCUT2D eigenvalue weighted by Crippen LogP contribution is 2.36. The molecule has 0 radical (unpaired) electrons. The Hall–Kier alpha value is -0.130. The molecule has 0 aromatic heterocycles. The lowest BCUT2D eigenvalue weighted by Gasteiger charge is -2.37. The van der Waals surface area contributed by atoms with E-state index in [4.69, 9.17) is 4.74 Å². The average Bonchev–Trinajstić information content (AvgIpc) is 3.10. The monoisotopic (exact) mass is 275 g/mol. The molecule has 0 atom stereocenters. The second kappa shape index (κ2) is 5.88. The third-order valence-corrected chi connectivity index (χ3v) is 5.15. The molecule has 1 heterocycles. The van der Waals surface area contributed by atoms with Crippen LogP contribution in [0.25, 0.3) is 0 Å². The van der Waals surface area contributed by atoms with Crippen molar-refractivity contribution in [1.82, 2.24) is 5.32 Å². The van der Waals surface area contributed by atoms with E-state index >= 15 is 0 Å². The molecular weight excluding hydrogens is 250 g/mol. The molecule has 1 saturated heterocycles. The van der Waals surface area contributed by atoms with Crippen molar-refractivity contribution < 1.29 is 13.2 Å². The second-order valence-electron chi connectivity index (χ2n) is 6.00. The van der Waals surface area contributed by atoms with Crippen LogP contribution in [-0.4, -0.2) is 46.2 Å². The first-order chi connectivity index (χ1) is 8.49. The minimum absolute atomic E-state index is 0.269. The molecule has 0 aromatic rings. The predicted molar refractivity (Wildman–Crippen MR) is 72.5 cm³/mol. The Morgan fingerprint density at radius 2 is 1.94 bits per heavy atom. The fraction of sp³-hybridized carbons (Fsp3) is 1.00. The predicted octanol–water partition coefficient (Wildman–Crippen LogP) is 1.36. The van der Waals surface area contributed by atoms with Gasteiger partial charge in [0.1, 0.15) is 9.84 Å². The van der Waals surface area contributed by atoms with Gasteiger partial charge in [0.05, 0.1) is 0 Å². The number of sulfone groups is 1. The van der Waals surface area contributed by atoms with Crippen LogP contribution < -0.4 is 5.32 Å². The van der Waals surface area contributed by atoms with Crippen molar-refractivity contribution in [3.05, 3.63) is 0 Å². The molecule has 0 unspecified atom stereocenters. The van der Waals surface area contributed by atoms with Gasteiger partial charge in [0, 0.05) is 37.8 Å². The zero-order valence-corrected chi connectivity index (χ0v) is 12.1. The normalized spacial score (nSPS) is 24.1. The molecule has 1 saturated carbocycles. The van der Waals surface area contributed by atoms with E-state index in [9.17, 15) is 8.42 Å². The first-order valence-electron chi connectivity index (χ1n) is 6.98. The van der Waals surface area contributed by atoms with Gasteiger partial charge in [0.2, 0.25) is 0 Å². The Morgan fingerprint density at radius 3 is 2.50 bits per heavy atom. The Morgan fingerprint density at radius 1 is 1.28 bits per heavy atom. The smallest absolute Gasteiger partial charge is 0.147 e. The standard InChI is InChI=1S/C13H25NO3S/c1-18(15,16)10-2-5-13(6-8-17-9-7-13)11-14-12-3-4-12/h12,14H,2-11H2,1H3. The fourth-order valence-corrected chi connectivity index (χ4v) is 3.35. The third-order valence-electron chi connectivity index (χ3n) is 4.12. The molecule has 4 nitrogen and oxygen atoms in total. The quantitative estimate of drug-likeness (QED) is 0.762. The summed E-state index contributed by atoms with van der Waals surface area (Å²) in [5.41, 5.74) is 0.269. The topological polar surface area (TPSA) is 55.4 Å². The van der Waals surface area contributed by atoms with Crippen molar-refractivity contribution in [2.45, 2.75) is 44.6 Å². The van der Waals surface area contributed by atoms with Gasteiger partial charge >= 0.3 is 0 Å². The van der Waals surface area contributed by atoms with Crippen LogP contribution in [-0.2, 0) is 14.6 Å². The molecule has 2 fully saturated rings. The fourth-order valence-electron chi connectivity index (χ4n) is 2.68.